The van der Waals surface area contributed by atoms with E-state index in [1.165, 1.54) is 28.7 Å². The Labute approximate surface area is 196 Å². The van der Waals surface area contributed by atoms with Gasteiger partial charge in [0.15, 0.2) is 5.78 Å². The highest BCUT2D eigenvalue weighted by atomic mass is 32.1. The molecule has 1 aliphatic rings. The van der Waals surface area contributed by atoms with Crippen LogP contribution in [0.1, 0.15) is 31.2 Å². The van der Waals surface area contributed by atoms with Crippen molar-refractivity contribution in [2.75, 3.05) is 17.2 Å². The van der Waals surface area contributed by atoms with E-state index >= 15 is 0 Å². The molecule has 3 heterocycles. The van der Waals surface area contributed by atoms with Crippen LogP contribution in [0, 0.1) is 11.6 Å². The van der Waals surface area contributed by atoms with Gasteiger partial charge in [0.2, 0.25) is 0 Å². The molecule has 166 valence electrons. The van der Waals surface area contributed by atoms with Gasteiger partial charge in [-0.05, 0) is 65.9 Å². The predicted octanol–water partition coefficient (Wildman–Crippen LogP) is 5.97. The molecule has 0 saturated heterocycles. The number of thiophene rings is 2. The molecule has 1 aliphatic heterocycles. The third kappa shape index (κ3) is 3.96. The van der Waals surface area contributed by atoms with Crippen LogP contribution in [-0.4, -0.2) is 18.2 Å². The van der Waals surface area contributed by atoms with Crippen LogP contribution in [-0.2, 0) is 12.8 Å². The lowest BCUT2D eigenvalue weighted by Crippen LogP contribution is -2.32. The van der Waals surface area contributed by atoms with Gasteiger partial charge in [-0.2, -0.15) is 0 Å². The Kier molecular flexibility index (Phi) is 5.55. The van der Waals surface area contributed by atoms with E-state index in [1.54, 1.807) is 35.2 Å². The number of carbonyl (C=O) groups excluding carboxylic acids is 2. The van der Waals surface area contributed by atoms with Crippen LogP contribution < -0.4 is 10.6 Å². The van der Waals surface area contributed by atoms with Gasteiger partial charge in [0.05, 0.1) is 20.3 Å². The number of nitrogens with two attached hydrogens (primary N) is 1. The van der Waals surface area contributed by atoms with Gasteiger partial charge in [-0.25, -0.2) is 8.78 Å². The Morgan fingerprint density at radius 1 is 1.00 bits per heavy atom. The van der Waals surface area contributed by atoms with Gasteiger partial charge in [-0.3, -0.25) is 9.59 Å². The molecule has 33 heavy (non-hydrogen) atoms. The maximum absolute atomic E-state index is 14.0. The van der Waals surface area contributed by atoms with Gasteiger partial charge in [0.25, 0.3) is 5.91 Å². The van der Waals surface area contributed by atoms with Crippen molar-refractivity contribution in [2.45, 2.75) is 12.8 Å². The van der Waals surface area contributed by atoms with Gasteiger partial charge < -0.3 is 10.6 Å². The predicted molar refractivity (Wildman–Crippen MR) is 128 cm³/mol. The van der Waals surface area contributed by atoms with Crippen molar-refractivity contribution in [3.63, 3.8) is 0 Å². The number of hydrogen-bond donors (Lipinski definition) is 1. The summed E-state index contributed by atoms with van der Waals surface area (Å²) >= 11 is 2.81. The van der Waals surface area contributed by atoms with Crippen molar-refractivity contribution in [2.24, 2.45) is 0 Å². The molecule has 2 N–H and O–H groups in total. The molecule has 8 heteroatoms. The molecule has 5 rings (SSSR count). The van der Waals surface area contributed by atoms with E-state index in [0.29, 0.717) is 29.1 Å². The molecule has 0 fully saturated rings. The summed E-state index contributed by atoms with van der Waals surface area (Å²) in [7, 11) is 0. The topological polar surface area (TPSA) is 63.4 Å². The maximum atomic E-state index is 14.0. The fraction of sp³-hybridized carbons (Fsp3) is 0.120. The third-order valence-corrected chi connectivity index (χ3v) is 7.92. The zero-order valence-electron chi connectivity index (χ0n) is 17.3. The summed E-state index contributed by atoms with van der Waals surface area (Å²) < 4.78 is 28.0. The molecular formula is C25H18F2N2O2S2. The second-order valence-corrected chi connectivity index (χ2v) is 9.70. The van der Waals surface area contributed by atoms with E-state index in [-0.39, 0.29) is 23.7 Å². The number of hydrogen-bond acceptors (Lipinski definition) is 5. The molecule has 1 amide bonds. The number of fused-ring (bicyclic) bond motifs is 3. The summed E-state index contributed by atoms with van der Waals surface area (Å²) in [6.07, 6.45) is 0.228. The molecule has 0 unspecified atom stereocenters. The summed E-state index contributed by atoms with van der Waals surface area (Å²) in [6, 6.07) is 14.1. The number of amides is 1. The SMILES string of the molecule is Nc1ccc(C(=O)N2CCc3cc(C(=O)Cc4c(F)cccc4F)sc3-c3sccc32)cc1. The molecule has 4 aromatic rings. The number of nitrogen functional groups attached to an aromatic ring is 1. The fourth-order valence-corrected chi connectivity index (χ4v) is 6.16. The first-order chi connectivity index (χ1) is 15.9. The summed E-state index contributed by atoms with van der Waals surface area (Å²) in [5.41, 5.74) is 8.41. The molecule has 0 radical (unpaired) electrons. The van der Waals surface area contributed by atoms with Gasteiger partial charge >= 0.3 is 0 Å². The minimum Gasteiger partial charge on any atom is -0.399 e. The summed E-state index contributed by atoms with van der Waals surface area (Å²) in [5, 5.41) is 1.92. The van der Waals surface area contributed by atoms with Crippen molar-refractivity contribution < 1.29 is 18.4 Å². The van der Waals surface area contributed by atoms with E-state index in [9.17, 15) is 18.4 Å². The van der Waals surface area contributed by atoms with Crippen molar-refractivity contribution in [3.05, 3.63) is 93.2 Å². The highest BCUT2D eigenvalue weighted by Crippen LogP contribution is 2.45. The highest BCUT2D eigenvalue weighted by molar-refractivity contribution is 7.23. The van der Waals surface area contributed by atoms with Crippen LogP contribution in [0.25, 0.3) is 9.75 Å². The Balaban J connectivity index is 1.45. The number of benzene rings is 2. The van der Waals surface area contributed by atoms with Gasteiger partial charge in [0.1, 0.15) is 11.6 Å². The Morgan fingerprint density at radius 2 is 1.73 bits per heavy atom. The number of ketones is 1. The summed E-state index contributed by atoms with van der Waals surface area (Å²) in [4.78, 5) is 30.1. The van der Waals surface area contributed by atoms with E-state index in [1.807, 2.05) is 11.4 Å². The van der Waals surface area contributed by atoms with E-state index in [4.69, 9.17) is 5.73 Å². The Morgan fingerprint density at radius 3 is 2.45 bits per heavy atom. The Bertz CT molecular complexity index is 1360. The molecule has 0 atom stereocenters. The number of Topliss-reactive ketones (excluding diaryl/α,β-unsaturated/α-hetero) is 1. The standard InChI is InChI=1S/C25H18F2N2O2S2/c26-18-2-1-3-19(27)17(18)13-21(30)22-12-15-8-10-29(20-9-11-32-24(20)23(15)33-22)25(31)14-4-6-16(28)7-5-14/h1-7,9,11-12H,8,10,13,28H2. The lowest BCUT2D eigenvalue weighted by atomic mass is 10.1. The molecule has 2 aromatic heterocycles. The quantitative estimate of drug-likeness (QED) is 0.289. The van der Waals surface area contributed by atoms with E-state index in [0.717, 1.165) is 33.1 Å². The van der Waals surface area contributed by atoms with Gasteiger partial charge in [-0.1, -0.05) is 6.07 Å². The molecule has 0 saturated carbocycles. The molecule has 0 bridgehead atoms. The third-order valence-electron chi connectivity index (χ3n) is 5.63. The zero-order valence-corrected chi connectivity index (χ0v) is 18.9. The summed E-state index contributed by atoms with van der Waals surface area (Å²) in [6.45, 7) is 0.451. The number of halogens is 2. The monoisotopic (exact) mass is 480 g/mol. The van der Waals surface area contributed by atoms with Crippen LogP contribution in [0.3, 0.4) is 0 Å². The molecule has 4 nitrogen and oxygen atoms in total. The van der Waals surface area contributed by atoms with Crippen LogP contribution in [0.5, 0.6) is 0 Å². The van der Waals surface area contributed by atoms with Crippen LogP contribution >= 0.6 is 22.7 Å². The second kappa shape index (κ2) is 8.53. The van der Waals surface area contributed by atoms with Crippen molar-refractivity contribution in [1.82, 2.24) is 0 Å². The normalized spacial score (nSPS) is 12.7. The van der Waals surface area contributed by atoms with Crippen LogP contribution in [0.2, 0.25) is 0 Å². The lowest BCUT2D eigenvalue weighted by molar-refractivity contribution is 0.0981. The van der Waals surface area contributed by atoms with Crippen LogP contribution in [0.4, 0.5) is 20.2 Å². The van der Waals surface area contributed by atoms with Crippen LogP contribution in [0.15, 0.2) is 60.0 Å². The van der Waals surface area contributed by atoms with E-state index < -0.39 is 11.6 Å². The number of anilines is 2. The largest absolute Gasteiger partial charge is 0.399 e. The fourth-order valence-electron chi connectivity index (χ4n) is 3.92. The average molecular weight is 481 g/mol. The first-order valence-electron chi connectivity index (χ1n) is 10.3. The van der Waals surface area contributed by atoms with E-state index in [2.05, 4.69) is 0 Å². The average Bonchev–Trinajstić information content (AvgIpc) is 3.42. The van der Waals surface area contributed by atoms with Crippen molar-refractivity contribution in [1.29, 1.82) is 0 Å². The minimum absolute atomic E-state index is 0.115. The van der Waals surface area contributed by atoms with Gasteiger partial charge in [-0.15, -0.1) is 22.7 Å². The first-order valence-corrected chi connectivity index (χ1v) is 12.0. The van der Waals surface area contributed by atoms with Gasteiger partial charge in [0, 0.05) is 29.8 Å². The summed E-state index contributed by atoms with van der Waals surface area (Å²) in [5.74, 6) is -1.89. The van der Waals surface area contributed by atoms with Crippen molar-refractivity contribution in [3.8, 4) is 9.75 Å². The Hall–Kier alpha value is -3.36. The second-order valence-electron chi connectivity index (χ2n) is 7.73. The minimum atomic E-state index is -0.723. The molecule has 0 aliphatic carbocycles. The first kappa shape index (κ1) is 21.5. The van der Waals surface area contributed by atoms with Crippen molar-refractivity contribution >= 4 is 45.7 Å². The highest BCUT2D eigenvalue weighted by Gasteiger charge is 2.29. The lowest BCUT2D eigenvalue weighted by Gasteiger charge is -2.21. The number of nitrogens with zero attached hydrogens (tertiary/aromatic N) is 1. The molecular weight excluding hydrogens is 462 g/mol. The number of rotatable bonds is 4. The zero-order chi connectivity index (χ0) is 23.1. The number of carbonyl (C=O) groups is 2. The molecule has 0 spiro atoms. The maximum Gasteiger partial charge on any atom is 0.258 e. The molecule has 2 aromatic carbocycles. The smallest absolute Gasteiger partial charge is 0.258 e.